The molecular formula is C18H15NO5. The van der Waals surface area contributed by atoms with Crippen LogP contribution in [0.2, 0.25) is 0 Å². The molecule has 0 unspecified atom stereocenters. The molecule has 0 amide bonds. The number of fused-ring (bicyclic) bond motifs is 1. The normalized spacial score (nSPS) is 13.0. The lowest BCUT2D eigenvalue weighted by Gasteiger charge is -2.12. The van der Waals surface area contributed by atoms with Gasteiger partial charge in [-0.2, -0.15) is 5.26 Å². The average molecular weight is 325 g/mol. The predicted molar refractivity (Wildman–Crippen MR) is 84.8 cm³/mol. The van der Waals surface area contributed by atoms with Crippen LogP contribution in [0.25, 0.3) is 0 Å². The van der Waals surface area contributed by atoms with E-state index < -0.39 is 5.92 Å². The number of benzene rings is 2. The molecule has 122 valence electrons. The van der Waals surface area contributed by atoms with Gasteiger partial charge < -0.3 is 18.9 Å². The van der Waals surface area contributed by atoms with Crippen molar-refractivity contribution in [2.45, 2.75) is 5.92 Å². The van der Waals surface area contributed by atoms with Gasteiger partial charge in [-0.3, -0.25) is 4.79 Å². The van der Waals surface area contributed by atoms with Gasteiger partial charge in [0.05, 0.1) is 20.3 Å². The third kappa shape index (κ3) is 2.72. The molecule has 0 radical (unpaired) electrons. The largest absolute Gasteiger partial charge is 0.497 e. The van der Waals surface area contributed by atoms with Gasteiger partial charge in [0, 0.05) is 5.56 Å². The number of hydrogen-bond acceptors (Lipinski definition) is 6. The molecule has 1 aliphatic heterocycles. The molecule has 0 spiro atoms. The molecule has 1 aliphatic rings. The molecule has 6 nitrogen and oxygen atoms in total. The molecule has 0 fully saturated rings. The third-order valence-corrected chi connectivity index (χ3v) is 3.78. The van der Waals surface area contributed by atoms with Crippen LogP contribution in [0, 0.1) is 11.3 Å². The number of nitriles is 1. The molecule has 0 bridgehead atoms. The molecule has 2 aromatic rings. The fourth-order valence-electron chi connectivity index (χ4n) is 2.52. The summed E-state index contributed by atoms with van der Waals surface area (Å²) in [5.41, 5.74) is 0.929. The van der Waals surface area contributed by atoms with E-state index in [9.17, 15) is 10.1 Å². The Bertz CT molecular complexity index is 807. The first-order valence-corrected chi connectivity index (χ1v) is 7.23. The van der Waals surface area contributed by atoms with Crippen LogP contribution in [0.15, 0.2) is 36.4 Å². The van der Waals surface area contributed by atoms with Gasteiger partial charge >= 0.3 is 0 Å². The van der Waals surface area contributed by atoms with Crippen molar-refractivity contribution in [3.63, 3.8) is 0 Å². The molecule has 0 saturated heterocycles. The van der Waals surface area contributed by atoms with E-state index in [1.165, 1.54) is 7.11 Å². The van der Waals surface area contributed by atoms with Crippen LogP contribution in [0.4, 0.5) is 0 Å². The Labute approximate surface area is 139 Å². The summed E-state index contributed by atoms with van der Waals surface area (Å²) < 4.78 is 21.0. The first-order chi connectivity index (χ1) is 11.7. The van der Waals surface area contributed by atoms with E-state index >= 15 is 0 Å². The summed E-state index contributed by atoms with van der Waals surface area (Å²) in [6.45, 7) is 0.0821. The number of ether oxygens (including phenoxy) is 4. The van der Waals surface area contributed by atoms with Gasteiger partial charge in [0.15, 0.2) is 17.3 Å². The van der Waals surface area contributed by atoms with Crippen molar-refractivity contribution in [3.8, 4) is 29.1 Å². The second-order valence-corrected chi connectivity index (χ2v) is 5.11. The van der Waals surface area contributed by atoms with Gasteiger partial charge in [0.1, 0.15) is 11.7 Å². The van der Waals surface area contributed by atoms with Crippen molar-refractivity contribution in [3.05, 3.63) is 47.5 Å². The summed E-state index contributed by atoms with van der Waals surface area (Å²) in [5, 5.41) is 9.52. The molecule has 0 N–H and O–H groups in total. The van der Waals surface area contributed by atoms with Crippen molar-refractivity contribution in [2.75, 3.05) is 21.0 Å². The van der Waals surface area contributed by atoms with Crippen molar-refractivity contribution >= 4 is 5.78 Å². The van der Waals surface area contributed by atoms with Gasteiger partial charge in [-0.1, -0.05) is 0 Å². The lowest BCUT2D eigenvalue weighted by molar-refractivity contribution is 0.0979. The summed E-state index contributed by atoms with van der Waals surface area (Å²) in [6.07, 6.45) is 0. The van der Waals surface area contributed by atoms with E-state index in [4.69, 9.17) is 18.9 Å². The summed E-state index contributed by atoms with van der Waals surface area (Å²) in [4.78, 5) is 12.7. The van der Waals surface area contributed by atoms with E-state index in [1.807, 2.05) is 0 Å². The lowest BCUT2D eigenvalue weighted by atomic mass is 9.91. The van der Waals surface area contributed by atoms with Crippen LogP contribution >= 0.6 is 0 Å². The van der Waals surface area contributed by atoms with Gasteiger partial charge in [0.25, 0.3) is 0 Å². The summed E-state index contributed by atoms with van der Waals surface area (Å²) in [7, 11) is 3.04. The van der Waals surface area contributed by atoms with E-state index in [-0.39, 0.29) is 12.6 Å². The summed E-state index contributed by atoms with van der Waals surface area (Å²) in [5.74, 6) is 0.748. The number of methoxy groups -OCH3 is 2. The minimum absolute atomic E-state index is 0.0821. The van der Waals surface area contributed by atoms with Crippen LogP contribution in [0.1, 0.15) is 21.8 Å². The van der Waals surface area contributed by atoms with Crippen LogP contribution in [-0.4, -0.2) is 26.8 Å². The third-order valence-electron chi connectivity index (χ3n) is 3.78. The molecule has 6 heteroatoms. The molecular weight excluding hydrogens is 310 g/mol. The molecule has 1 heterocycles. The number of Topliss-reactive ketones (excluding diaryl/α,β-unsaturated/α-hetero) is 1. The Hall–Kier alpha value is -3.20. The maximum absolute atomic E-state index is 12.7. The fourth-order valence-corrected chi connectivity index (χ4v) is 2.52. The first-order valence-electron chi connectivity index (χ1n) is 7.23. The zero-order valence-electron chi connectivity index (χ0n) is 13.2. The lowest BCUT2D eigenvalue weighted by Crippen LogP contribution is -2.11. The topological polar surface area (TPSA) is 77.8 Å². The quantitative estimate of drug-likeness (QED) is 0.787. The standard InChI is InChI=1S/C18H15NO5/c1-21-13-5-3-11(4-6-13)17(20)14(9-19)12-7-15(22-2)18-16(8-12)23-10-24-18/h3-8,14H,10H2,1-2H3/t14-/m0/s1. The number of hydrogen-bond donors (Lipinski definition) is 0. The molecule has 24 heavy (non-hydrogen) atoms. The van der Waals surface area contributed by atoms with Crippen LogP contribution in [0.5, 0.6) is 23.0 Å². The van der Waals surface area contributed by atoms with E-state index in [2.05, 4.69) is 6.07 Å². The zero-order chi connectivity index (χ0) is 17.1. The van der Waals surface area contributed by atoms with Crippen LogP contribution in [-0.2, 0) is 0 Å². The molecule has 2 aromatic carbocycles. The number of ketones is 1. The van der Waals surface area contributed by atoms with Gasteiger partial charge in [0.2, 0.25) is 12.5 Å². The Morgan fingerprint density at radius 3 is 2.54 bits per heavy atom. The SMILES string of the molecule is COc1ccc(C(=O)[C@@H](C#N)c2cc(OC)c3c(c2)OCO3)cc1. The van der Waals surface area contributed by atoms with Gasteiger partial charge in [-0.15, -0.1) is 0 Å². The van der Waals surface area contributed by atoms with E-state index in [0.717, 1.165) is 0 Å². The first kappa shape index (κ1) is 15.7. The Kier molecular flexibility index (Phi) is 4.25. The van der Waals surface area contributed by atoms with Crippen LogP contribution < -0.4 is 18.9 Å². The molecule has 0 aromatic heterocycles. The van der Waals surface area contributed by atoms with Crippen molar-refractivity contribution in [1.29, 1.82) is 5.26 Å². The average Bonchev–Trinajstić information content (AvgIpc) is 3.10. The Balaban J connectivity index is 1.96. The van der Waals surface area contributed by atoms with Gasteiger partial charge in [-0.05, 0) is 42.0 Å². The molecule has 3 rings (SSSR count). The highest BCUT2D eigenvalue weighted by atomic mass is 16.7. The number of carbonyl (C=O) groups is 1. The smallest absolute Gasteiger partial charge is 0.231 e. The number of rotatable bonds is 5. The maximum atomic E-state index is 12.7. The second-order valence-electron chi connectivity index (χ2n) is 5.11. The fraction of sp³-hybridized carbons (Fsp3) is 0.222. The van der Waals surface area contributed by atoms with Crippen molar-refractivity contribution in [1.82, 2.24) is 0 Å². The Morgan fingerprint density at radius 1 is 1.17 bits per heavy atom. The number of nitrogens with zero attached hydrogens (tertiary/aromatic N) is 1. The zero-order valence-corrected chi connectivity index (χ0v) is 13.2. The summed E-state index contributed by atoms with van der Waals surface area (Å²) in [6, 6.07) is 12.0. The maximum Gasteiger partial charge on any atom is 0.231 e. The molecule has 0 saturated carbocycles. The van der Waals surface area contributed by atoms with Crippen molar-refractivity contribution in [2.24, 2.45) is 0 Å². The minimum Gasteiger partial charge on any atom is -0.497 e. The van der Waals surface area contributed by atoms with E-state index in [1.54, 1.807) is 43.5 Å². The van der Waals surface area contributed by atoms with Gasteiger partial charge in [-0.25, -0.2) is 0 Å². The Morgan fingerprint density at radius 2 is 1.92 bits per heavy atom. The molecule has 1 atom stereocenters. The van der Waals surface area contributed by atoms with Crippen molar-refractivity contribution < 1.29 is 23.7 Å². The highest BCUT2D eigenvalue weighted by Crippen LogP contribution is 2.43. The second kappa shape index (κ2) is 6.50. The van der Waals surface area contributed by atoms with E-state index in [0.29, 0.717) is 34.1 Å². The predicted octanol–water partition coefficient (Wildman–Crippen LogP) is 2.92. The summed E-state index contributed by atoms with van der Waals surface area (Å²) >= 11 is 0. The number of carbonyl (C=O) groups excluding carboxylic acids is 1. The molecule has 0 aliphatic carbocycles. The minimum atomic E-state index is -0.971. The van der Waals surface area contributed by atoms with Crippen LogP contribution in [0.3, 0.4) is 0 Å². The highest BCUT2D eigenvalue weighted by Gasteiger charge is 2.27. The monoisotopic (exact) mass is 325 g/mol. The highest BCUT2D eigenvalue weighted by molar-refractivity contribution is 6.03.